The minimum absolute atomic E-state index is 0.248. The summed E-state index contributed by atoms with van der Waals surface area (Å²) in [6.45, 7) is 0.363. The van der Waals surface area contributed by atoms with Crippen LogP contribution in [0.4, 0.5) is 0 Å². The molecule has 1 aromatic rings. The van der Waals surface area contributed by atoms with Crippen LogP contribution in [-0.2, 0) is 16.1 Å². The molecule has 0 saturated carbocycles. The number of hydrogen-bond donors (Lipinski definition) is 3. The molecule has 0 heterocycles. The van der Waals surface area contributed by atoms with E-state index < -0.39 is 6.04 Å². The molecule has 1 rings (SSSR count). The van der Waals surface area contributed by atoms with Gasteiger partial charge in [-0.3, -0.25) is 4.79 Å². The number of esters is 1. The molecule has 1 aromatic carbocycles. The van der Waals surface area contributed by atoms with E-state index >= 15 is 0 Å². The third kappa shape index (κ3) is 4.05. The first-order valence-corrected chi connectivity index (χ1v) is 6.03. The molecule has 1 atom stereocenters. The van der Waals surface area contributed by atoms with E-state index in [9.17, 15) is 9.59 Å². The fourth-order valence-corrected chi connectivity index (χ4v) is 1.45. The largest absolute Gasteiger partial charge is 0.465 e. The highest BCUT2D eigenvalue weighted by Gasteiger charge is 2.10. The van der Waals surface area contributed by atoms with Crippen LogP contribution in [0.1, 0.15) is 15.9 Å². The Kier molecular flexibility index (Phi) is 5.67. The Morgan fingerprint density at radius 3 is 2.50 bits per heavy atom. The Balaban J connectivity index is 2.54. The average Bonchev–Trinajstić information content (AvgIpc) is 2.43. The third-order valence-corrected chi connectivity index (χ3v) is 2.77. The van der Waals surface area contributed by atoms with Crippen molar-refractivity contribution in [1.29, 1.82) is 0 Å². The lowest BCUT2D eigenvalue weighted by Gasteiger charge is -2.09. The molecule has 0 aliphatic carbocycles. The first-order valence-electron chi connectivity index (χ1n) is 5.40. The van der Waals surface area contributed by atoms with E-state index in [-0.39, 0.29) is 11.9 Å². The molecule has 0 fully saturated rings. The molecular weight excluding hydrogens is 252 g/mol. The number of hydrogen-bond acceptors (Lipinski definition) is 5. The van der Waals surface area contributed by atoms with Crippen molar-refractivity contribution in [3.8, 4) is 0 Å². The van der Waals surface area contributed by atoms with Crippen LogP contribution >= 0.6 is 12.6 Å². The number of ether oxygens (including phenoxy) is 1. The van der Waals surface area contributed by atoms with Crippen LogP contribution in [-0.4, -0.2) is 30.8 Å². The number of carbonyl (C=O) groups is 2. The molecule has 0 aromatic heterocycles. The summed E-state index contributed by atoms with van der Waals surface area (Å²) in [6.07, 6.45) is 0. The minimum Gasteiger partial charge on any atom is -0.465 e. The Bertz CT molecular complexity index is 420. The van der Waals surface area contributed by atoms with Crippen LogP contribution in [0.3, 0.4) is 0 Å². The van der Waals surface area contributed by atoms with E-state index in [1.807, 2.05) is 0 Å². The Labute approximate surface area is 111 Å². The lowest BCUT2D eigenvalue weighted by molar-refractivity contribution is -0.122. The molecule has 0 saturated heterocycles. The number of thiol groups is 1. The molecule has 98 valence electrons. The summed E-state index contributed by atoms with van der Waals surface area (Å²) in [4.78, 5) is 22.6. The average molecular weight is 268 g/mol. The third-order valence-electron chi connectivity index (χ3n) is 2.38. The van der Waals surface area contributed by atoms with Crippen molar-refractivity contribution < 1.29 is 14.3 Å². The van der Waals surface area contributed by atoms with E-state index in [0.29, 0.717) is 17.9 Å². The van der Waals surface area contributed by atoms with Gasteiger partial charge in [0.15, 0.2) is 0 Å². The van der Waals surface area contributed by atoms with Gasteiger partial charge in [0, 0.05) is 12.3 Å². The highest BCUT2D eigenvalue weighted by molar-refractivity contribution is 7.80. The van der Waals surface area contributed by atoms with Gasteiger partial charge in [-0.15, -0.1) is 0 Å². The number of nitrogens with one attached hydrogen (secondary N) is 1. The van der Waals surface area contributed by atoms with Crippen LogP contribution in [0.2, 0.25) is 0 Å². The van der Waals surface area contributed by atoms with Gasteiger partial charge in [0.05, 0.1) is 18.7 Å². The molecule has 0 aliphatic rings. The van der Waals surface area contributed by atoms with Gasteiger partial charge in [-0.1, -0.05) is 12.1 Å². The van der Waals surface area contributed by atoms with E-state index in [4.69, 9.17) is 5.73 Å². The lowest BCUT2D eigenvalue weighted by atomic mass is 10.1. The van der Waals surface area contributed by atoms with E-state index in [1.165, 1.54) is 7.11 Å². The summed E-state index contributed by atoms with van der Waals surface area (Å²) in [5.74, 6) is -0.336. The number of amides is 1. The van der Waals surface area contributed by atoms with Crippen LogP contribution in [0.5, 0.6) is 0 Å². The molecule has 5 nitrogen and oxygen atoms in total. The molecule has 1 amide bonds. The van der Waals surface area contributed by atoms with E-state index in [2.05, 4.69) is 22.7 Å². The normalized spacial score (nSPS) is 11.7. The predicted octanol–water partition coefficient (Wildman–Crippen LogP) is 0.347. The second kappa shape index (κ2) is 7.03. The second-order valence-corrected chi connectivity index (χ2v) is 4.06. The van der Waals surface area contributed by atoms with Crippen LogP contribution in [0.15, 0.2) is 24.3 Å². The van der Waals surface area contributed by atoms with Gasteiger partial charge < -0.3 is 15.8 Å². The highest BCUT2D eigenvalue weighted by Crippen LogP contribution is 2.05. The molecular formula is C12H16N2O3S. The van der Waals surface area contributed by atoms with Crippen molar-refractivity contribution in [2.45, 2.75) is 12.6 Å². The van der Waals surface area contributed by atoms with Crippen molar-refractivity contribution >= 4 is 24.5 Å². The van der Waals surface area contributed by atoms with Crippen molar-refractivity contribution in [1.82, 2.24) is 5.32 Å². The fourth-order valence-electron chi connectivity index (χ4n) is 1.28. The maximum absolute atomic E-state index is 11.4. The summed E-state index contributed by atoms with van der Waals surface area (Å²) >= 11 is 3.94. The van der Waals surface area contributed by atoms with Gasteiger partial charge in [-0.25, -0.2) is 4.79 Å². The summed E-state index contributed by atoms with van der Waals surface area (Å²) in [6, 6.07) is 6.18. The maximum atomic E-state index is 11.4. The molecule has 0 bridgehead atoms. The zero-order valence-corrected chi connectivity index (χ0v) is 10.9. The standard InChI is InChI=1S/C12H16N2O3S/c1-17-12(16)9-4-2-8(3-5-9)6-14-11(15)10(13)7-18/h2-5,10,18H,6-7,13H2,1H3,(H,14,15). The zero-order valence-electron chi connectivity index (χ0n) is 10.1. The van der Waals surface area contributed by atoms with Crippen molar-refractivity contribution in [2.75, 3.05) is 12.9 Å². The number of rotatable bonds is 5. The number of nitrogens with two attached hydrogens (primary N) is 1. The molecule has 0 aliphatic heterocycles. The van der Waals surface area contributed by atoms with Gasteiger partial charge in [-0.05, 0) is 17.7 Å². The maximum Gasteiger partial charge on any atom is 0.337 e. The predicted molar refractivity (Wildman–Crippen MR) is 71.5 cm³/mol. The Morgan fingerprint density at radius 1 is 1.39 bits per heavy atom. The quantitative estimate of drug-likeness (QED) is 0.531. The van der Waals surface area contributed by atoms with Gasteiger partial charge >= 0.3 is 5.97 Å². The number of methoxy groups -OCH3 is 1. The topological polar surface area (TPSA) is 81.4 Å². The van der Waals surface area contributed by atoms with Gasteiger partial charge in [0.25, 0.3) is 0 Å². The van der Waals surface area contributed by atoms with E-state index in [1.54, 1.807) is 24.3 Å². The molecule has 6 heteroatoms. The monoisotopic (exact) mass is 268 g/mol. The molecule has 18 heavy (non-hydrogen) atoms. The summed E-state index contributed by atoms with van der Waals surface area (Å²) < 4.78 is 4.59. The summed E-state index contributed by atoms with van der Waals surface area (Å²) in [5, 5.41) is 2.68. The highest BCUT2D eigenvalue weighted by atomic mass is 32.1. The fraction of sp³-hybridized carbons (Fsp3) is 0.333. The Morgan fingerprint density at radius 2 is 2.00 bits per heavy atom. The van der Waals surface area contributed by atoms with E-state index in [0.717, 1.165) is 5.56 Å². The van der Waals surface area contributed by atoms with Crippen LogP contribution < -0.4 is 11.1 Å². The first-order chi connectivity index (χ1) is 8.58. The second-order valence-electron chi connectivity index (χ2n) is 3.70. The molecule has 1 unspecified atom stereocenters. The SMILES string of the molecule is COC(=O)c1ccc(CNC(=O)C(N)CS)cc1. The van der Waals surface area contributed by atoms with Gasteiger partial charge in [-0.2, -0.15) is 12.6 Å². The first kappa shape index (κ1) is 14.5. The van der Waals surface area contributed by atoms with Crippen molar-refractivity contribution in [2.24, 2.45) is 5.73 Å². The van der Waals surface area contributed by atoms with Gasteiger partial charge in [0.2, 0.25) is 5.91 Å². The number of carbonyl (C=O) groups excluding carboxylic acids is 2. The van der Waals surface area contributed by atoms with Gasteiger partial charge in [0.1, 0.15) is 0 Å². The molecule has 0 spiro atoms. The molecule has 0 radical (unpaired) electrons. The Hall–Kier alpha value is -1.53. The van der Waals surface area contributed by atoms with Crippen molar-refractivity contribution in [3.63, 3.8) is 0 Å². The summed E-state index contributed by atoms with van der Waals surface area (Å²) in [5.41, 5.74) is 6.86. The summed E-state index contributed by atoms with van der Waals surface area (Å²) in [7, 11) is 1.33. The minimum atomic E-state index is -0.609. The smallest absolute Gasteiger partial charge is 0.337 e. The van der Waals surface area contributed by atoms with Crippen molar-refractivity contribution in [3.05, 3.63) is 35.4 Å². The molecule has 3 N–H and O–H groups in total. The lowest BCUT2D eigenvalue weighted by Crippen LogP contribution is -2.41. The van der Waals surface area contributed by atoms with Crippen LogP contribution in [0, 0.1) is 0 Å². The number of benzene rings is 1. The van der Waals surface area contributed by atoms with Crippen LogP contribution in [0.25, 0.3) is 0 Å². The zero-order chi connectivity index (χ0) is 13.5.